The minimum Gasteiger partial charge on any atom is -0.493 e. The van der Waals surface area contributed by atoms with Crippen molar-refractivity contribution in [3.63, 3.8) is 0 Å². The van der Waals surface area contributed by atoms with E-state index < -0.39 is 0 Å². The van der Waals surface area contributed by atoms with E-state index in [-0.39, 0.29) is 0 Å². The summed E-state index contributed by atoms with van der Waals surface area (Å²) >= 11 is 0. The Morgan fingerprint density at radius 1 is 1.62 bits per heavy atom. The van der Waals surface area contributed by atoms with Gasteiger partial charge in [0.05, 0.1) is 6.61 Å². The standard InChI is InChI=1S/C11H11NO/c1-2-3-4-10-9-6-8-13-11(9)5-7-12-10/h5,7H,2,6,8H2,1H3. The molecular formula is C11H11NO. The van der Waals surface area contributed by atoms with Crippen molar-refractivity contribution in [1.82, 2.24) is 4.98 Å². The van der Waals surface area contributed by atoms with Gasteiger partial charge in [0.2, 0.25) is 0 Å². The average molecular weight is 173 g/mol. The second-order valence-corrected chi connectivity index (χ2v) is 2.89. The molecule has 0 saturated carbocycles. The van der Waals surface area contributed by atoms with E-state index in [1.807, 2.05) is 13.0 Å². The largest absolute Gasteiger partial charge is 0.493 e. The Bertz CT molecular complexity index is 373. The summed E-state index contributed by atoms with van der Waals surface area (Å²) in [6.07, 6.45) is 3.56. The lowest BCUT2D eigenvalue weighted by atomic mass is 10.1. The molecule has 1 aliphatic rings. The van der Waals surface area contributed by atoms with Crippen LogP contribution in [0.1, 0.15) is 24.6 Å². The topological polar surface area (TPSA) is 22.1 Å². The lowest BCUT2D eigenvalue weighted by molar-refractivity contribution is 0.356. The molecule has 13 heavy (non-hydrogen) atoms. The van der Waals surface area contributed by atoms with Gasteiger partial charge in [0, 0.05) is 24.6 Å². The van der Waals surface area contributed by atoms with Crippen LogP contribution in [-0.4, -0.2) is 11.6 Å². The van der Waals surface area contributed by atoms with Crippen LogP contribution in [0.3, 0.4) is 0 Å². The van der Waals surface area contributed by atoms with Gasteiger partial charge in [-0.1, -0.05) is 12.8 Å². The van der Waals surface area contributed by atoms with Gasteiger partial charge in [-0.2, -0.15) is 0 Å². The second kappa shape index (κ2) is 3.49. The van der Waals surface area contributed by atoms with Crippen molar-refractivity contribution in [3.05, 3.63) is 23.5 Å². The number of rotatable bonds is 0. The number of nitrogens with zero attached hydrogens (tertiary/aromatic N) is 1. The van der Waals surface area contributed by atoms with E-state index in [1.165, 1.54) is 5.56 Å². The first-order valence-corrected chi connectivity index (χ1v) is 4.51. The number of hydrogen-bond acceptors (Lipinski definition) is 2. The average Bonchev–Trinajstić information content (AvgIpc) is 2.62. The molecular weight excluding hydrogens is 162 g/mol. The molecule has 2 rings (SSSR count). The highest BCUT2D eigenvalue weighted by Crippen LogP contribution is 2.25. The van der Waals surface area contributed by atoms with Crippen LogP contribution in [0.15, 0.2) is 12.3 Å². The van der Waals surface area contributed by atoms with Gasteiger partial charge in [-0.25, -0.2) is 4.98 Å². The molecule has 0 saturated heterocycles. The maximum atomic E-state index is 5.41. The van der Waals surface area contributed by atoms with Crippen LogP contribution in [0.5, 0.6) is 5.75 Å². The third-order valence-electron chi connectivity index (χ3n) is 2.01. The normalized spacial score (nSPS) is 12.7. The van der Waals surface area contributed by atoms with Gasteiger partial charge in [0.1, 0.15) is 11.4 Å². The maximum absolute atomic E-state index is 5.41. The van der Waals surface area contributed by atoms with E-state index in [9.17, 15) is 0 Å². The van der Waals surface area contributed by atoms with Crippen molar-refractivity contribution < 1.29 is 4.74 Å². The van der Waals surface area contributed by atoms with Gasteiger partial charge in [-0.05, 0) is 12.0 Å². The van der Waals surface area contributed by atoms with Crippen molar-refractivity contribution in [2.45, 2.75) is 19.8 Å². The van der Waals surface area contributed by atoms with Crippen molar-refractivity contribution in [2.24, 2.45) is 0 Å². The van der Waals surface area contributed by atoms with E-state index in [0.29, 0.717) is 0 Å². The summed E-state index contributed by atoms with van der Waals surface area (Å²) in [5.41, 5.74) is 2.06. The first-order chi connectivity index (χ1) is 6.42. The fraction of sp³-hybridized carbons (Fsp3) is 0.364. The molecule has 0 radical (unpaired) electrons. The molecule has 0 N–H and O–H groups in total. The van der Waals surface area contributed by atoms with E-state index in [4.69, 9.17) is 4.74 Å². The van der Waals surface area contributed by atoms with E-state index in [0.717, 1.165) is 30.9 Å². The Labute approximate surface area is 77.9 Å². The highest BCUT2D eigenvalue weighted by molar-refractivity contribution is 5.46. The van der Waals surface area contributed by atoms with E-state index in [2.05, 4.69) is 16.8 Å². The van der Waals surface area contributed by atoms with Crippen LogP contribution in [0, 0.1) is 11.8 Å². The molecule has 2 nitrogen and oxygen atoms in total. The lowest BCUT2D eigenvalue weighted by Gasteiger charge is -1.98. The Balaban J connectivity index is 2.41. The summed E-state index contributed by atoms with van der Waals surface area (Å²) in [4.78, 5) is 4.23. The predicted molar refractivity (Wildman–Crippen MR) is 50.6 cm³/mol. The molecule has 0 atom stereocenters. The van der Waals surface area contributed by atoms with Crippen molar-refractivity contribution >= 4 is 0 Å². The first kappa shape index (κ1) is 8.12. The Kier molecular flexibility index (Phi) is 2.18. The van der Waals surface area contributed by atoms with Crippen LogP contribution < -0.4 is 4.74 Å². The SMILES string of the molecule is CCC#Cc1nccc2c1CCO2. The number of fused-ring (bicyclic) bond motifs is 1. The third-order valence-corrected chi connectivity index (χ3v) is 2.01. The molecule has 0 spiro atoms. The van der Waals surface area contributed by atoms with Crippen molar-refractivity contribution in [2.75, 3.05) is 6.61 Å². The van der Waals surface area contributed by atoms with Gasteiger partial charge in [0.25, 0.3) is 0 Å². The molecule has 0 aromatic carbocycles. The fourth-order valence-electron chi connectivity index (χ4n) is 1.39. The molecule has 1 aliphatic heterocycles. The summed E-state index contributed by atoms with van der Waals surface area (Å²) in [6, 6.07) is 1.90. The van der Waals surface area contributed by atoms with Gasteiger partial charge >= 0.3 is 0 Å². The zero-order valence-electron chi connectivity index (χ0n) is 7.63. The maximum Gasteiger partial charge on any atom is 0.126 e. The minimum absolute atomic E-state index is 0.766. The van der Waals surface area contributed by atoms with Crippen molar-refractivity contribution in [3.8, 4) is 17.6 Å². The minimum atomic E-state index is 0.766. The zero-order valence-corrected chi connectivity index (χ0v) is 7.63. The van der Waals surface area contributed by atoms with Gasteiger partial charge in [-0.15, -0.1) is 0 Å². The molecule has 66 valence electrons. The third kappa shape index (κ3) is 1.50. The molecule has 0 unspecified atom stereocenters. The summed E-state index contributed by atoms with van der Waals surface area (Å²) in [6.45, 7) is 2.80. The Morgan fingerprint density at radius 3 is 3.38 bits per heavy atom. The highest BCUT2D eigenvalue weighted by Gasteiger charge is 2.15. The summed E-state index contributed by atoms with van der Waals surface area (Å²) < 4.78 is 5.41. The number of pyridine rings is 1. The molecule has 2 heterocycles. The van der Waals surface area contributed by atoms with Crippen LogP contribution >= 0.6 is 0 Å². The van der Waals surface area contributed by atoms with Crippen LogP contribution in [0.2, 0.25) is 0 Å². The molecule has 0 fully saturated rings. The van der Waals surface area contributed by atoms with Crippen LogP contribution in [0.25, 0.3) is 0 Å². The molecule has 0 amide bonds. The summed E-state index contributed by atoms with van der Waals surface area (Å²) in [5.74, 6) is 7.03. The fourth-order valence-corrected chi connectivity index (χ4v) is 1.39. The van der Waals surface area contributed by atoms with Crippen LogP contribution in [0.4, 0.5) is 0 Å². The molecule has 0 bridgehead atoms. The van der Waals surface area contributed by atoms with Gasteiger partial charge in [-0.3, -0.25) is 0 Å². The summed E-state index contributed by atoms with van der Waals surface area (Å²) in [7, 11) is 0. The predicted octanol–water partition coefficient (Wildman–Crippen LogP) is 1.78. The Hall–Kier alpha value is -1.49. The molecule has 1 aromatic rings. The van der Waals surface area contributed by atoms with Crippen LogP contribution in [-0.2, 0) is 6.42 Å². The lowest BCUT2D eigenvalue weighted by Crippen LogP contribution is -1.89. The molecule has 1 aromatic heterocycles. The second-order valence-electron chi connectivity index (χ2n) is 2.89. The van der Waals surface area contributed by atoms with Gasteiger partial charge in [0.15, 0.2) is 0 Å². The zero-order chi connectivity index (χ0) is 9.10. The number of aromatic nitrogens is 1. The molecule has 2 heteroatoms. The van der Waals surface area contributed by atoms with Crippen molar-refractivity contribution in [1.29, 1.82) is 0 Å². The highest BCUT2D eigenvalue weighted by atomic mass is 16.5. The summed E-state index contributed by atoms with van der Waals surface area (Å²) in [5, 5.41) is 0. The Morgan fingerprint density at radius 2 is 2.54 bits per heavy atom. The number of ether oxygens (including phenoxy) is 1. The smallest absolute Gasteiger partial charge is 0.126 e. The quantitative estimate of drug-likeness (QED) is 0.558. The number of hydrogen-bond donors (Lipinski definition) is 0. The van der Waals surface area contributed by atoms with E-state index >= 15 is 0 Å². The van der Waals surface area contributed by atoms with E-state index in [1.54, 1.807) is 6.20 Å². The monoisotopic (exact) mass is 173 g/mol. The molecule has 0 aliphatic carbocycles. The first-order valence-electron chi connectivity index (χ1n) is 4.51. The van der Waals surface area contributed by atoms with Gasteiger partial charge < -0.3 is 4.74 Å².